The van der Waals surface area contributed by atoms with Crippen LogP contribution >= 0.6 is 0 Å². The lowest BCUT2D eigenvalue weighted by Crippen LogP contribution is -2.19. The number of carbonyl (C=O) groups is 1. The summed E-state index contributed by atoms with van der Waals surface area (Å²) in [6.07, 6.45) is -4.90. The summed E-state index contributed by atoms with van der Waals surface area (Å²) in [5.41, 5.74) is -0.335. The van der Waals surface area contributed by atoms with E-state index >= 15 is 0 Å². The summed E-state index contributed by atoms with van der Waals surface area (Å²) >= 11 is 0. The molecule has 0 saturated carbocycles. The van der Waals surface area contributed by atoms with Crippen LogP contribution in [-0.2, 0) is 0 Å². The van der Waals surface area contributed by atoms with Gasteiger partial charge in [-0.05, 0) is 24.3 Å². The van der Waals surface area contributed by atoms with Crippen molar-refractivity contribution in [2.24, 2.45) is 0 Å². The molecule has 0 aliphatic rings. The third kappa shape index (κ3) is 3.34. The van der Waals surface area contributed by atoms with Crippen LogP contribution in [0.15, 0.2) is 48.5 Å². The van der Waals surface area contributed by atoms with Crippen LogP contribution < -0.4 is 4.74 Å². The highest BCUT2D eigenvalue weighted by Crippen LogP contribution is 2.27. The zero-order valence-corrected chi connectivity index (χ0v) is 9.95. The summed E-state index contributed by atoms with van der Waals surface area (Å²) in [4.78, 5) is 12.1. The number of benzene rings is 2. The summed E-state index contributed by atoms with van der Waals surface area (Å²) in [6.45, 7) is 0. The first kappa shape index (κ1) is 14.0. The van der Waals surface area contributed by atoms with Gasteiger partial charge in [-0.3, -0.25) is 4.79 Å². The fourth-order valence-electron chi connectivity index (χ4n) is 1.65. The third-order valence-electron chi connectivity index (χ3n) is 2.44. The molecule has 2 nitrogen and oxygen atoms in total. The van der Waals surface area contributed by atoms with Crippen molar-refractivity contribution in [2.75, 3.05) is 0 Å². The largest absolute Gasteiger partial charge is 0.573 e. The predicted molar refractivity (Wildman–Crippen MR) is 63.0 cm³/mol. The van der Waals surface area contributed by atoms with E-state index in [9.17, 15) is 22.4 Å². The molecule has 0 atom stereocenters. The molecular weight excluding hydrogens is 276 g/mol. The van der Waals surface area contributed by atoms with Crippen molar-refractivity contribution in [3.63, 3.8) is 0 Å². The number of para-hydroxylation sites is 1. The molecule has 2 aromatic rings. The van der Waals surface area contributed by atoms with Gasteiger partial charge in [0.05, 0.1) is 5.56 Å². The topological polar surface area (TPSA) is 26.3 Å². The van der Waals surface area contributed by atoms with Crippen LogP contribution in [0, 0.1) is 5.82 Å². The van der Waals surface area contributed by atoms with E-state index in [1.165, 1.54) is 30.3 Å². The van der Waals surface area contributed by atoms with Gasteiger partial charge < -0.3 is 4.74 Å². The van der Waals surface area contributed by atoms with Crippen molar-refractivity contribution in [1.82, 2.24) is 0 Å². The molecule has 0 fully saturated rings. The molecular formula is C14H8F4O2. The van der Waals surface area contributed by atoms with E-state index in [4.69, 9.17) is 0 Å². The van der Waals surface area contributed by atoms with Crippen molar-refractivity contribution in [1.29, 1.82) is 0 Å². The Balaban J connectivity index is 2.40. The van der Waals surface area contributed by atoms with Gasteiger partial charge in [0.25, 0.3) is 0 Å². The fraction of sp³-hybridized carbons (Fsp3) is 0.0714. The molecule has 2 aromatic carbocycles. The molecule has 0 aromatic heterocycles. The molecule has 0 heterocycles. The average Bonchev–Trinajstić information content (AvgIpc) is 2.37. The normalized spacial score (nSPS) is 11.2. The first-order valence-corrected chi connectivity index (χ1v) is 5.52. The van der Waals surface area contributed by atoms with Gasteiger partial charge in [0.2, 0.25) is 0 Å². The number of hydrogen-bond acceptors (Lipinski definition) is 2. The second kappa shape index (κ2) is 5.32. The van der Waals surface area contributed by atoms with E-state index in [-0.39, 0.29) is 11.1 Å². The van der Waals surface area contributed by atoms with Crippen molar-refractivity contribution >= 4 is 5.78 Å². The van der Waals surface area contributed by atoms with Crippen molar-refractivity contribution in [2.45, 2.75) is 6.36 Å². The molecule has 104 valence electrons. The molecule has 0 aliphatic heterocycles. The molecule has 20 heavy (non-hydrogen) atoms. The molecule has 0 unspecified atom stereocenters. The Kier molecular flexibility index (Phi) is 3.74. The summed E-state index contributed by atoms with van der Waals surface area (Å²) in [5.74, 6) is -2.01. The molecule has 0 amide bonds. The van der Waals surface area contributed by atoms with E-state index in [0.717, 1.165) is 18.2 Å². The molecule has 0 saturated heterocycles. The van der Waals surface area contributed by atoms with Gasteiger partial charge in [-0.15, -0.1) is 13.2 Å². The van der Waals surface area contributed by atoms with E-state index in [1.54, 1.807) is 0 Å². The summed E-state index contributed by atoms with van der Waals surface area (Å²) in [5, 5.41) is 0. The minimum absolute atomic E-state index is 0.0526. The van der Waals surface area contributed by atoms with E-state index in [0.29, 0.717) is 0 Å². The van der Waals surface area contributed by atoms with Crippen molar-refractivity contribution < 1.29 is 27.1 Å². The lowest BCUT2D eigenvalue weighted by atomic mass is 10.0. The van der Waals surface area contributed by atoms with Gasteiger partial charge in [-0.25, -0.2) is 4.39 Å². The molecule has 6 heteroatoms. The smallest absolute Gasteiger partial charge is 0.405 e. The number of alkyl halides is 3. The van der Waals surface area contributed by atoms with Gasteiger partial charge in [0, 0.05) is 5.56 Å². The molecule has 2 rings (SSSR count). The minimum Gasteiger partial charge on any atom is -0.405 e. The molecule has 0 spiro atoms. The van der Waals surface area contributed by atoms with Gasteiger partial charge in [0.15, 0.2) is 5.78 Å². The monoisotopic (exact) mass is 284 g/mol. The number of ketones is 1. The van der Waals surface area contributed by atoms with Gasteiger partial charge in [-0.2, -0.15) is 0 Å². The number of hydrogen-bond donors (Lipinski definition) is 0. The number of ether oxygens (including phenoxy) is 1. The zero-order chi connectivity index (χ0) is 14.8. The van der Waals surface area contributed by atoms with Crippen molar-refractivity contribution in [3.05, 3.63) is 65.5 Å². The maximum atomic E-state index is 13.1. The van der Waals surface area contributed by atoms with E-state index < -0.39 is 23.7 Å². The highest BCUT2D eigenvalue weighted by molar-refractivity contribution is 6.10. The van der Waals surface area contributed by atoms with Gasteiger partial charge in [0.1, 0.15) is 11.6 Å². The first-order valence-electron chi connectivity index (χ1n) is 5.52. The number of halogens is 4. The summed E-state index contributed by atoms with van der Waals surface area (Å²) < 4.78 is 53.6. The summed E-state index contributed by atoms with van der Waals surface area (Å²) in [7, 11) is 0. The fourth-order valence-corrected chi connectivity index (χ4v) is 1.65. The van der Waals surface area contributed by atoms with Gasteiger partial charge in [-0.1, -0.05) is 24.3 Å². The van der Waals surface area contributed by atoms with Crippen LogP contribution in [0.1, 0.15) is 15.9 Å². The van der Waals surface area contributed by atoms with Gasteiger partial charge >= 0.3 is 6.36 Å². The zero-order valence-electron chi connectivity index (χ0n) is 9.95. The minimum atomic E-state index is -4.90. The SMILES string of the molecule is O=C(c1cccc(F)c1)c1ccccc1OC(F)(F)F. The summed E-state index contributed by atoms with van der Waals surface area (Å²) in [6, 6.07) is 9.63. The first-order chi connectivity index (χ1) is 9.37. The molecule has 0 bridgehead atoms. The van der Waals surface area contributed by atoms with Crippen LogP contribution in [-0.4, -0.2) is 12.1 Å². The van der Waals surface area contributed by atoms with Crippen LogP contribution in [0.3, 0.4) is 0 Å². The third-order valence-corrected chi connectivity index (χ3v) is 2.44. The Morgan fingerprint density at radius 2 is 1.70 bits per heavy atom. The van der Waals surface area contributed by atoms with Crippen LogP contribution in [0.4, 0.5) is 17.6 Å². The Morgan fingerprint density at radius 3 is 2.35 bits per heavy atom. The highest BCUT2D eigenvalue weighted by atomic mass is 19.4. The number of carbonyl (C=O) groups excluding carboxylic acids is 1. The quantitative estimate of drug-likeness (QED) is 0.630. The standard InChI is InChI=1S/C14H8F4O2/c15-10-5-3-4-9(8-10)13(19)11-6-1-2-7-12(11)20-14(16,17)18/h1-8H. The van der Waals surface area contributed by atoms with E-state index in [1.807, 2.05) is 0 Å². The van der Waals surface area contributed by atoms with Crippen LogP contribution in [0.5, 0.6) is 5.75 Å². The van der Waals surface area contributed by atoms with E-state index in [2.05, 4.69) is 4.74 Å². The Hall–Kier alpha value is -2.37. The van der Waals surface area contributed by atoms with Crippen LogP contribution in [0.25, 0.3) is 0 Å². The molecule has 0 N–H and O–H groups in total. The van der Waals surface area contributed by atoms with Crippen molar-refractivity contribution in [3.8, 4) is 5.75 Å². The Bertz CT molecular complexity index is 635. The van der Waals surface area contributed by atoms with Crippen LogP contribution in [0.2, 0.25) is 0 Å². The number of rotatable bonds is 3. The average molecular weight is 284 g/mol. The molecule has 0 radical (unpaired) electrons. The maximum absolute atomic E-state index is 13.1. The predicted octanol–water partition coefficient (Wildman–Crippen LogP) is 3.96. The molecule has 0 aliphatic carbocycles. The lowest BCUT2D eigenvalue weighted by molar-refractivity contribution is -0.274. The Labute approximate surface area is 111 Å². The highest BCUT2D eigenvalue weighted by Gasteiger charge is 2.32. The Morgan fingerprint density at radius 1 is 1.00 bits per heavy atom. The second-order valence-electron chi connectivity index (χ2n) is 3.88. The lowest BCUT2D eigenvalue weighted by Gasteiger charge is -2.12. The maximum Gasteiger partial charge on any atom is 0.573 e. The second-order valence-corrected chi connectivity index (χ2v) is 3.88.